The maximum absolute atomic E-state index is 5.21. The van der Waals surface area contributed by atoms with E-state index < -0.39 is 0 Å². The normalized spacial score (nSPS) is 10.2. The Balaban J connectivity index is 2.08. The second-order valence-corrected chi connectivity index (χ2v) is 5.62. The third-order valence-electron chi connectivity index (χ3n) is 4.20. The molecule has 0 spiro atoms. The molecule has 0 radical (unpaired) electrons. The molecule has 116 valence electrons. The van der Waals surface area contributed by atoms with E-state index in [1.54, 1.807) is 7.11 Å². The van der Waals surface area contributed by atoms with E-state index in [1.165, 1.54) is 22.4 Å². The van der Waals surface area contributed by atoms with Crippen LogP contribution in [0.1, 0.15) is 42.1 Å². The van der Waals surface area contributed by atoms with Crippen LogP contribution in [0.4, 0.5) is 0 Å². The summed E-state index contributed by atoms with van der Waals surface area (Å²) in [6.07, 6.45) is 5.53. The summed E-state index contributed by atoms with van der Waals surface area (Å²) in [5, 5.41) is 0. The number of unbranched alkanes of at least 4 members (excludes halogenated alkanes) is 1. The molecule has 0 fully saturated rings. The molecule has 22 heavy (non-hydrogen) atoms. The summed E-state index contributed by atoms with van der Waals surface area (Å²) in [5.74, 6) is 7.01. The molecule has 0 unspecified atom stereocenters. The van der Waals surface area contributed by atoms with E-state index in [0.29, 0.717) is 0 Å². The van der Waals surface area contributed by atoms with Crippen molar-refractivity contribution < 1.29 is 4.74 Å². The van der Waals surface area contributed by atoms with E-state index in [1.807, 2.05) is 19.1 Å². The van der Waals surface area contributed by atoms with Crippen LogP contribution in [-0.4, -0.2) is 11.7 Å². The maximum atomic E-state index is 5.21. The number of hydrogen-bond acceptors (Lipinski definition) is 1. The molecule has 2 nitrogen and oxygen atoms in total. The number of rotatable bonds is 6. The van der Waals surface area contributed by atoms with Gasteiger partial charge in [-0.3, -0.25) is 0 Å². The fourth-order valence-electron chi connectivity index (χ4n) is 2.67. The number of hydrogen-bond donors (Lipinski definition) is 0. The minimum atomic E-state index is 0.905. The molecule has 0 saturated heterocycles. The molecule has 0 bridgehead atoms. The number of aryl methyl sites for hydroxylation is 1. The van der Waals surface area contributed by atoms with Gasteiger partial charge in [0.15, 0.2) is 0 Å². The Bertz CT molecular complexity index is 668. The zero-order valence-corrected chi connectivity index (χ0v) is 14.1. The molecule has 0 atom stereocenters. The first-order valence-corrected chi connectivity index (χ1v) is 7.83. The molecule has 0 saturated carbocycles. The van der Waals surface area contributed by atoms with Crippen LogP contribution in [0, 0.1) is 25.7 Å². The lowest BCUT2D eigenvalue weighted by Crippen LogP contribution is -2.00. The zero-order chi connectivity index (χ0) is 15.9. The second-order valence-electron chi connectivity index (χ2n) is 5.62. The molecular formula is C20H25NO. The van der Waals surface area contributed by atoms with Crippen molar-refractivity contribution in [3.8, 4) is 17.6 Å². The van der Waals surface area contributed by atoms with E-state index in [2.05, 4.69) is 48.6 Å². The number of nitrogens with zero attached hydrogens (tertiary/aromatic N) is 1. The fraction of sp³-hybridized carbons (Fsp3) is 0.400. The topological polar surface area (TPSA) is 14.2 Å². The zero-order valence-electron chi connectivity index (χ0n) is 14.1. The Hall–Kier alpha value is -2.14. The molecule has 2 aromatic rings. The molecule has 0 aliphatic carbocycles. The van der Waals surface area contributed by atoms with E-state index in [0.717, 1.165) is 31.6 Å². The van der Waals surface area contributed by atoms with Crippen LogP contribution >= 0.6 is 0 Å². The highest BCUT2D eigenvalue weighted by Gasteiger charge is 2.09. The quantitative estimate of drug-likeness (QED) is 0.565. The summed E-state index contributed by atoms with van der Waals surface area (Å²) in [7, 11) is 1.70. The van der Waals surface area contributed by atoms with Gasteiger partial charge in [-0.05, 0) is 62.4 Å². The van der Waals surface area contributed by atoms with Gasteiger partial charge in [-0.25, -0.2) is 0 Å². The standard InChI is InChI=1S/C20H25NO/c1-5-6-7-8-9-19-15-21(17(3)16(19)2)14-18-10-12-20(22-4)13-11-18/h10-13,15H,7-9,14H2,1-4H3. The first-order valence-electron chi connectivity index (χ1n) is 7.83. The first kappa shape index (κ1) is 16.2. The van der Waals surface area contributed by atoms with Gasteiger partial charge in [-0.1, -0.05) is 12.1 Å². The van der Waals surface area contributed by atoms with Gasteiger partial charge in [0.25, 0.3) is 0 Å². The van der Waals surface area contributed by atoms with Gasteiger partial charge < -0.3 is 9.30 Å². The van der Waals surface area contributed by atoms with Crippen molar-refractivity contribution in [2.45, 2.75) is 46.6 Å². The molecular weight excluding hydrogens is 270 g/mol. The van der Waals surface area contributed by atoms with Gasteiger partial charge in [0.2, 0.25) is 0 Å². The lowest BCUT2D eigenvalue weighted by molar-refractivity contribution is 0.414. The predicted molar refractivity (Wildman–Crippen MR) is 92.4 cm³/mol. The highest BCUT2D eigenvalue weighted by atomic mass is 16.5. The molecule has 2 heteroatoms. The Labute approximate surface area is 134 Å². The predicted octanol–water partition coefficient (Wildman–Crippen LogP) is 4.51. The van der Waals surface area contributed by atoms with Crippen molar-refractivity contribution in [2.24, 2.45) is 0 Å². The molecule has 1 heterocycles. The average molecular weight is 295 g/mol. The van der Waals surface area contributed by atoms with Crippen molar-refractivity contribution in [1.29, 1.82) is 0 Å². The molecule has 0 amide bonds. The summed E-state index contributed by atoms with van der Waals surface area (Å²) in [5.41, 5.74) is 5.51. The van der Waals surface area contributed by atoms with Crippen LogP contribution < -0.4 is 4.74 Å². The Kier molecular flexibility index (Phi) is 5.72. The third kappa shape index (κ3) is 3.95. The molecule has 2 rings (SSSR count). The average Bonchev–Trinajstić information content (AvgIpc) is 2.80. The van der Waals surface area contributed by atoms with Crippen molar-refractivity contribution in [3.63, 3.8) is 0 Å². The Morgan fingerprint density at radius 3 is 2.50 bits per heavy atom. The van der Waals surface area contributed by atoms with Crippen molar-refractivity contribution in [1.82, 2.24) is 4.57 Å². The third-order valence-corrected chi connectivity index (χ3v) is 4.20. The van der Waals surface area contributed by atoms with Crippen LogP contribution in [0.15, 0.2) is 30.5 Å². The summed E-state index contributed by atoms with van der Waals surface area (Å²) in [4.78, 5) is 0. The molecule has 1 aromatic heterocycles. The number of benzene rings is 1. The van der Waals surface area contributed by atoms with Crippen LogP contribution in [0.3, 0.4) is 0 Å². The summed E-state index contributed by atoms with van der Waals surface area (Å²) in [6.45, 7) is 7.24. The van der Waals surface area contributed by atoms with Crippen molar-refractivity contribution in [2.75, 3.05) is 7.11 Å². The van der Waals surface area contributed by atoms with Gasteiger partial charge >= 0.3 is 0 Å². The highest BCUT2D eigenvalue weighted by Crippen LogP contribution is 2.20. The van der Waals surface area contributed by atoms with E-state index in [-0.39, 0.29) is 0 Å². The molecule has 1 aromatic carbocycles. The Morgan fingerprint density at radius 1 is 1.14 bits per heavy atom. The van der Waals surface area contributed by atoms with E-state index >= 15 is 0 Å². The van der Waals surface area contributed by atoms with E-state index in [4.69, 9.17) is 4.74 Å². The van der Waals surface area contributed by atoms with Crippen molar-refractivity contribution >= 4 is 0 Å². The fourth-order valence-corrected chi connectivity index (χ4v) is 2.67. The van der Waals surface area contributed by atoms with Crippen LogP contribution in [-0.2, 0) is 13.0 Å². The summed E-state index contributed by atoms with van der Waals surface area (Å²) >= 11 is 0. The largest absolute Gasteiger partial charge is 0.497 e. The lowest BCUT2D eigenvalue weighted by atomic mass is 10.1. The summed E-state index contributed by atoms with van der Waals surface area (Å²) in [6, 6.07) is 8.30. The SMILES string of the molecule is CC#CCCCc1cn(Cc2ccc(OC)cc2)c(C)c1C. The number of aromatic nitrogens is 1. The first-order chi connectivity index (χ1) is 10.7. The smallest absolute Gasteiger partial charge is 0.118 e. The maximum Gasteiger partial charge on any atom is 0.118 e. The van der Waals surface area contributed by atoms with E-state index in [9.17, 15) is 0 Å². The molecule has 0 N–H and O–H groups in total. The van der Waals surface area contributed by atoms with Crippen molar-refractivity contribution in [3.05, 3.63) is 52.8 Å². The minimum Gasteiger partial charge on any atom is -0.497 e. The van der Waals surface area contributed by atoms with Gasteiger partial charge in [0.1, 0.15) is 5.75 Å². The van der Waals surface area contributed by atoms with Gasteiger partial charge in [0.05, 0.1) is 7.11 Å². The number of ether oxygens (including phenoxy) is 1. The lowest BCUT2D eigenvalue weighted by Gasteiger charge is -2.07. The van der Waals surface area contributed by atoms with Gasteiger partial charge in [-0.15, -0.1) is 11.8 Å². The highest BCUT2D eigenvalue weighted by molar-refractivity contribution is 5.33. The van der Waals surface area contributed by atoms with Crippen LogP contribution in [0.5, 0.6) is 5.75 Å². The van der Waals surface area contributed by atoms with Crippen LogP contribution in [0.25, 0.3) is 0 Å². The second kappa shape index (κ2) is 7.75. The molecule has 0 aliphatic rings. The Morgan fingerprint density at radius 2 is 1.86 bits per heavy atom. The number of methoxy groups -OCH3 is 1. The van der Waals surface area contributed by atoms with Crippen LogP contribution in [0.2, 0.25) is 0 Å². The van der Waals surface area contributed by atoms with Gasteiger partial charge in [0, 0.05) is 24.9 Å². The molecule has 0 aliphatic heterocycles. The van der Waals surface area contributed by atoms with Gasteiger partial charge in [-0.2, -0.15) is 0 Å². The minimum absolute atomic E-state index is 0.905. The monoisotopic (exact) mass is 295 g/mol. The summed E-state index contributed by atoms with van der Waals surface area (Å²) < 4.78 is 7.56.